The van der Waals surface area contributed by atoms with Crippen molar-refractivity contribution in [3.05, 3.63) is 41.3 Å². The molecule has 0 N–H and O–H groups in total. The zero-order valence-electron chi connectivity index (χ0n) is 17.5. The fourth-order valence-corrected chi connectivity index (χ4v) is 4.18. The van der Waals surface area contributed by atoms with Crippen LogP contribution in [0.4, 0.5) is 0 Å². The molecule has 1 amide bonds. The maximum Gasteiger partial charge on any atom is 0.228 e. The van der Waals surface area contributed by atoms with Gasteiger partial charge in [-0.3, -0.25) is 9.69 Å². The standard InChI is InChI=1S/C23H31N3O3/c1-17-3-5-20(6-4-17)23-24-21(18(2)29-23)15-22(27)26-9-7-19(8-10-26)16-25-11-13-28-14-12-25/h3-6,19H,7-16H2,1-2H3. The van der Waals surface area contributed by atoms with Gasteiger partial charge < -0.3 is 14.1 Å². The molecule has 1 aromatic carbocycles. The predicted molar refractivity (Wildman–Crippen MR) is 112 cm³/mol. The van der Waals surface area contributed by atoms with Crippen LogP contribution in [0.2, 0.25) is 0 Å². The number of benzene rings is 1. The van der Waals surface area contributed by atoms with Crippen molar-refractivity contribution in [2.75, 3.05) is 45.9 Å². The smallest absolute Gasteiger partial charge is 0.228 e. The fraction of sp³-hybridized carbons (Fsp3) is 0.565. The average Bonchev–Trinajstić information content (AvgIpc) is 3.10. The van der Waals surface area contributed by atoms with Gasteiger partial charge in [-0.05, 0) is 44.7 Å². The molecule has 29 heavy (non-hydrogen) atoms. The molecule has 2 aliphatic heterocycles. The van der Waals surface area contributed by atoms with Gasteiger partial charge in [0.2, 0.25) is 11.8 Å². The molecular formula is C23H31N3O3. The van der Waals surface area contributed by atoms with E-state index >= 15 is 0 Å². The number of morpholine rings is 1. The maximum atomic E-state index is 12.8. The largest absolute Gasteiger partial charge is 0.441 e. The number of likely N-dealkylation sites (tertiary alicyclic amines) is 1. The SMILES string of the molecule is Cc1ccc(-c2nc(CC(=O)N3CCC(CN4CCOCC4)CC3)c(C)o2)cc1. The zero-order valence-corrected chi connectivity index (χ0v) is 17.5. The van der Waals surface area contributed by atoms with Crippen LogP contribution in [0.25, 0.3) is 11.5 Å². The number of oxazole rings is 1. The fourth-order valence-electron chi connectivity index (χ4n) is 4.18. The molecule has 0 unspecified atom stereocenters. The first kappa shape index (κ1) is 20.1. The number of aryl methyl sites for hydroxylation is 2. The molecule has 2 aliphatic rings. The number of aromatic nitrogens is 1. The van der Waals surface area contributed by atoms with E-state index in [4.69, 9.17) is 9.15 Å². The van der Waals surface area contributed by atoms with Crippen LogP contribution >= 0.6 is 0 Å². The van der Waals surface area contributed by atoms with Gasteiger partial charge in [-0.25, -0.2) is 4.98 Å². The van der Waals surface area contributed by atoms with Crippen molar-refractivity contribution in [2.24, 2.45) is 5.92 Å². The molecule has 0 bridgehead atoms. The normalized spacial score (nSPS) is 18.9. The lowest BCUT2D eigenvalue weighted by atomic mass is 9.95. The van der Waals surface area contributed by atoms with Gasteiger partial charge in [-0.1, -0.05) is 17.7 Å². The van der Waals surface area contributed by atoms with Crippen LogP contribution in [0, 0.1) is 19.8 Å². The highest BCUT2D eigenvalue weighted by Gasteiger charge is 2.26. The monoisotopic (exact) mass is 397 g/mol. The second kappa shape index (κ2) is 9.09. The molecule has 0 aliphatic carbocycles. The summed E-state index contributed by atoms with van der Waals surface area (Å²) < 4.78 is 11.3. The van der Waals surface area contributed by atoms with Crippen molar-refractivity contribution in [3.63, 3.8) is 0 Å². The van der Waals surface area contributed by atoms with E-state index in [1.807, 2.05) is 36.1 Å². The van der Waals surface area contributed by atoms with Crippen molar-refractivity contribution in [2.45, 2.75) is 33.1 Å². The van der Waals surface area contributed by atoms with Crippen molar-refractivity contribution in [3.8, 4) is 11.5 Å². The Balaban J connectivity index is 1.30. The molecule has 3 heterocycles. The Morgan fingerprint density at radius 1 is 1.07 bits per heavy atom. The number of carbonyl (C=O) groups is 1. The molecule has 0 radical (unpaired) electrons. The van der Waals surface area contributed by atoms with Gasteiger partial charge in [-0.2, -0.15) is 0 Å². The number of ether oxygens (including phenoxy) is 1. The summed E-state index contributed by atoms with van der Waals surface area (Å²) in [4.78, 5) is 21.9. The molecule has 2 saturated heterocycles. The summed E-state index contributed by atoms with van der Waals surface area (Å²) in [6.07, 6.45) is 2.47. The molecule has 0 spiro atoms. The summed E-state index contributed by atoms with van der Waals surface area (Å²) in [7, 11) is 0. The minimum absolute atomic E-state index is 0.154. The Hall–Kier alpha value is -2.18. The number of amides is 1. The summed E-state index contributed by atoms with van der Waals surface area (Å²) in [6, 6.07) is 8.10. The lowest BCUT2D eigenvalue weighted by molar-refractivity contribution is -0.132. The highest BCUT2D eigenvalue weighted by Crippen LogP contribution is 2.24. The molecule has 2 fully saturated rings. The summed E-state index contributed by atoms with van der Waals surface area (Å²) in [6.45, 7) is 10.5. The molecule has 1 aromatic heterocycles. The molecule has 0 saturated carbocycles. The Labute approximate surface area is 172 Å². The van der Waals surface area contributed by atoms with Crippen molar-refractivity contribution in [1.82, 2.24) is 14.8 Å². The summed E-state index contributed by atoms with van der Waals surface area (Å²) >= 11 is 0. The second-order valence-electron chi connectivity index (χ2n) is 8.30. The Morgan fingerprint density at radius 2 is 1.76 bits per heavy atom. The number of nitrogens with zero attached hydrogens (tertiary/aromatic N) is 3. The Morgan fingerprint density at radius 3 is 2.45 bits per heavy atom. The summed E-state index contributed by atoms with van der Waals surface area (Å²) in [5, 5.41) is 0. The van der Waals surface area contributed by atoms with Gasteiger partial charge in [0.15, 0.2) is 0 Å². The topological polar surface area (TPSA) is 58.8 Å². The van der Waals surface area contributed by atoms with E-state index in [1.54, 1.807) is 0 Å². The number of rotatable bonds is 5. The third-order valence-electron chi connectivity index (χ3n) is 6.10. The van der Waals surface area contributed by atoms with Gasteiger partial charge in [-0.15, -0.1) is 0 Å². The average molecular weight is 398 g/mol. The first-order valence-electron chi connectivity index (χ1n) is 10.7. The summed E-state index contributed by atoms with van der Waals surface area (Å²) in [5.74, 6) is 2.16. The summed E-state index contributed by atoms with van der Waals surface area (Å²) in [5.41, 5.74) is 2.90. The second-order valence-corrected chi connectivity index (χ2v) is 8.30. The lowest BCUT2D eigenvalue weighted by Gasteiger charge is -2.36. The lowest BCUT2D eigenvalue weighted by Crippen LogP contribution is -2.44. The van der Waals surface area contributed by atoms with E-state index in [1.165, 1.54) is 5.56 Å². The van der Waals surface area contributed by atoms with E-state index in [9.17, 15) is 4.79 Å². The molecule has 6 nitrogen and oxygen atoms in total. The number of piperidine rings is 1. The quantitative estimate of drug-likeness (QED) is 0.776. The highest BCUT2D eigenvalue weighted by molar-refractivity contribution is 5.78. The molecule has 2 aromatic rings. The molecule has 4 rings (SSSR count). The van der Waals surface area contributed by atoms with Crippen LogP contribution in [-0.4, -0.2) is 66.6 Å². The van der Waals surface area contributed by atoms with Crippen LogP contribution in [0.15, 0.2) is 28.7 Å². The maximum absolute atomic E-state index is 12.8. The number of hydrogen-bond acceptors (Lipinski definition) is 5. The van der Waals surface area contributed by atoms with E-state index in [-0.39, 0.29) is 5.91 Å². The van der Waals surface area contributed by atoms with E-state index in [2.05, 4.69) is 16.8 Å². The van der Waals surface area contributed by atoms with Crippen LogP contribution < -0.4 is 0 Å². The first-order chi connectivity index (χ1) is 14.1. The first-order valence-corrected chi connectivity index (χ1v) is 10.7. The van der Waals surface area contributed by atoms with Crippen molar-refractivity contribution >= 4 is 5.91 Å². The molecule has 6 heteroatoms. The van der Waals surface area contributed by atoms with Gasteiger partial charge in [0.25, 0.3) is 0 Å². The van der Waals surface area contributed by atoms with Crippen LogP contribution in [0.5, 0.6) is 0 Å². The van der Waals surface area contributed by atoms with E-state index < -0.39 is 0 Å². The predicted octanol–water partition coefficient (Wildman–Crippen LogP) is 3.07. The molecular weight excluding hydrogens is 366 g/mol. The molecule has 156 valence electrons. The van der Waals surface area contributed by atoms with Gasteiger partial charge in [0, 0.05) is 38.3 Å². The minimum atomic E-state index is 0.154. The number of carbonyl (C=O) groups excluding carboxylic acids is 1. The van der Waals surface area contributed by atoms with Crippen LogP contribution in [0.3, 0.4) is 0 Å². The third kappa shape index (κ3) is 5.06. The van der Waals surface area contributed by atoms with Crippen LogP contribution in [-0.2, 0) is 16.0 Å². The zero-order chi connectivity index (χ0) is 20.2. The third-order valence-corrected chi connectivity index (χ3v) is 6.10. The molecule has 0 atom stereocenters. The highest BCUT2D eigenvalue weighted by atomic mass is 16.5. The van der Waals surface area contributed by atoms with E-state index in [0.29, 0.717) is 18.2 Å². The Bertz CT molecular complexity index is 816. The van der Waals surface area contributed by atoms with Crippen LogP contribution in [0.1, 0.15) is 29.9 Å². The van der Waals surface area contributed by atoms with E-state index in [0.717, 1.165) is 75.8 Å². The van der Waals surface area contributed by atoms with Gasteiger partial charge in [0.1, 0.15) is 5.76 Å². The minimum Gasteiger partial charge on any atom is -0.441 e. The Kier molecular flexibility index (Phi) is 6.31. The van der Waals surface area contributed by atoms with Gasteiger partial charge in [0.05, 0.1) is 25.3 Å². The van der Waals surface area contributed by atoms with Crippen molar-refractivity contribution in [1.29, 1.82) is 0 Å². The number of hydrogen-bond donors (Lipinski definition) is 0. The van der Waals surface area contributed by atoms with Crippen molar-refractivity contribution < 1.29 is 13.9 Å². The van der Waals surface area contributed by atoms with Gasteiger partial charge >= 0.3 is 0 Å².